The predicted octanol–water partition coefficient (Wildman–Crippen LogP) is 2.32. The van der Waals surface area contributed by atoms with Crippen molar-refractivity contribution in [1.29, 1.82) is 0 Å². The molecule has 7 nitrogen and oxygen atoms in total. The zero-order valence-electron chi connectivity index (χ0n) is 16.0. The molecule has 0 bridgehead atoms. The number of halogens is 1. The number of rotatable bonds is 6. The van der Waals surface area contributed by atoms with Crippen molar-refractivity contribution in [3.05, 3.63) is 59.9 Å². The number of carbonyl (C=O) groups is 2. The van der Waals surface area contributed by atoms with Gasteiger partial charge in [0.2, 0.25) is 15.9 Å². The molecule has 2 aromatic rings. The highest BCUT2D eigenvalue weighted by molar-refractivity contribution is 7.89. The van der Waals surface area contributed by atoms with Crippen LogP contribution in [0.1, 0.15) is 23.2 Å². The van der Waals surface area contributed by atoms with E-state index in [0.717, 1.165) is 54.5 Å². The van der Waals surface area contributed by atoms with Gasteiger partial charge in [-0.1, -0.05) is 6.07 Å². The molecule has 0 saturated carbocycles. The Morgan fingerprint density at radius 1 is 1.10 bits per heavy atom. The minimum Gasteiger partial charge on any atom is -0.339 e. The van der Waals surface area contributed by atoms with Crippen molar-refractivity contribution in [2.24, 2.45) is 0 Å². The Labute approximate surface area is 169 Å². The second kappa shape index (κ2) is 8.71. The summed E-state index contributed by atoms with van der Waals surface area (Å²) in [6, 6.07) is 10.9. The monoisotopic (exact) mass is 419 g/mol. The van der Waals surface area contributed by atoms with Crippen molar-refractivity contribution in [3.63, 3.8) is 0 Å². The van der Waals surface area contributed by atoms with Crippen LogP contribution < -0.4 is 5.32 Å². The van der Waals surface area contributed by atoms with Crippen LogP contribution >= 0.6 is 0 Å². The summed E-state index contributed by atoms with van der Waals surface area (Å²) >= 11 is 0. The molecule has 2 amide bonds. The first-order valence-corrected chi connectivity index (χ1v) is 10.6. The minimum absolute atomic E-state index is 0.0883. The van der Waals surface area contributed by atoms with E-state index in [1.807, 2.05) is 0 Å². The number of nitrogens with one attached hydrogen (secondary N) is 1. The van der Waals surface area contributed by atoms with Crippen LogP contribution in [0.2, 0.25) is 0 Å². The van der Waals surface area contributed by atoms with Gasteiger partial charge in [-0.3, -0.25) is 9.59 Å². The Balaban J connectivity index is 1.65. The Bertz CT molecular complexity index is 1000. The van der Waals surface area contributed by atoms with Gasteiger partial charge >= 0.3 is 0 Å². The molecule has 0 spiro atoms. The number of carbonyl (C=O) groups excluding carboxylic acids is 2. The smallest absolute Gasteiger partial charge is 0.253 e. The SMILES string of the molecule is CN(CC(=O)Nc1cccc(C(=O)N2CCCC2)c1)S(=O)(=O)c1ccc(F)cc1. The standard InChI is InChI=1S/C20H22FN3O4S/c1-23(29(27,28)18-9-7-16(21)8-10-18)14-19(25)22-17-6-4-5-15(13-17)20(26)24-11-2-3-12-24/h4-10,13H,2-3,11-12,14H2,1H3,(H,22,25). The van der Waals surface area contributed by atoms with Crippen molar-refractivity contribution in [2.45, 2.75) is 17.7 Å². The minimum atomic E-state index is -3.93. The molecule has 0 aromatic heterocycles. The maximum atomic E-state index is 13.0. The van der Waals surface area contributed by atoms with Crippen LogP contribution in [0.3, 0.4) is 0 Å². The van der Waals surface area contributed by atoms with Crippen molar-refractivity contribution in [1.82, 2.24) is 9.21 Å². The molecule has 0 unspecified atom stereocenters. The van der Waals surface area contributed by atoms with Gasteiger partial charge in [0.25, 0.3) is 5.91 Å². The van der Waals surface area contributed by atoms with E-state index in [-0.39, 0.29) is 10.8 Å². The highest BCUT2D eigenvalue weighted by atomic mass is 32.2. The van der Waals surface area contributed by atoms with Gasteiger partial charge < -0.3 is 10.2 Å². The molecule has 1 N–H and O–H groups in total. The maximum absolute atomic E-state index is 13.0. The van der Waals surface area contributed by atoms with Crippen molar-refractivity contribution < 1.29 is 22.4 Å². The van der Waals surface area contributed by atoms with E-state index in [0.29, 0.717) is 11.3 Å². The number of anilines is 1. The summed E-state index contributed by atoms with van der Waals surface area (Å²) in [6.45, 7) is 1.02. The molecule has 1 heterocycles. The summed E-state index contributed by atoms with van der Waals surface area (Å²) in [6.07, 6.45) is 1.97. The molecule has 0 aliphatic carbocycles. The fourth-order valence-electron chi connectivity index (χ4n) is 3.11. The number of hydrogen-bond acceptors (Lipinski definition) is 4. The van der Waals surface area contributed by atoms with E-state index in [1.54, 1.807) is 29.2 Å². The predicted molar refractivity (Wildman–Crippen MR) is 106 cm³/mol. The van der Waals surface area contributed by atoms with Gasteiger partial charge in [-0.05, 0) is 55.3 Å². The summed E-state index contributed by atoms with van der Waals surface area (Å²) in [5.41, 5.74) is 0.879. The van der Waals surface area contributed by atoms with Gasteiger partial charge in [0.05, 0.1) is 11.4 Å². The molecular formula is C20H22FN3O4S. The molecule has 0 radical (unpaired) electrons. The third-order valence-corrected chi connectivity index (χ3v) is 6.49. The zero-order valence-corrected chi connectivity index (χ0v) is 16.8. The maximum Gasteiger partial charge on any atom is 0.253 e. The van der Waals surface area contributed by atoms with Crippen LogP contribution in [0.25, 0.3) is 0 Å². The lowest BCUT2D eigenvalue weighted by Crippen LogP contribution is -2.35. The van der Waals surface area contributed by atoms with Gasteiger partial charge in [0, 0.05) is 31.4 Å². The van der Waals surface area contributed by atoms with Gasteiger partial charge in [0.1, 0.15) is 5.82 Å². The molecule has 0 atom stereocenters. The third-order valence-electron chi connectivity index (χ3n) is 4.67. The fraction of sp³-hybridized carbons (Fsp3) is 0.300. The molecule has 1 aliphatic rings. The number of likely N-dealkylation sites (tertiary alicyclic amines) is 1. The Morgan fingerprint density at radius 2 is 1.76 bits per heavy atom. The average molecular weight is 419 g/mol. The van der Waals surface area contributed by atoms with Crippen LogP contribution in [-0.4, -0.2) is 56.1 Å². The summed E-state index contributed by atoms with van der Waals surface area (Å²) in [7, 11) is -2.66. The normalized spacial score (nSPS) is 14.2. The van der Waals surface area contributed by atoms with Crippen LogP contribution in [0.5, 0.6) is 0 Å². The molecule has 1 fully saturated rings. The molecular weight excluding hydrogens is 397 g/mol. The number of likely N-dealkylation sites (N-methyl/N-ethyl adjacent to an activating group) is 1. The van der Waals surface area contributed by atoms with Gasteiger partial charge in [-0.15, -0.1) is 0 Å². The topological polar surface area (TPSA) is 86.8 Å². The van der Waals surface area contributed by atoms with Crippen molar-refractivity contribution in [2.75, 3.05) is 32.0 Å². The largest absolute Gasteiger partial charge is 0.339 e. The first-order chi connectivity index (χ1) is 13.8. The quantitative estimate of drug-likeness (QED) is 0.779. The van der Waals surface area contributed by atoms with Crippen molar-refractivity contribution in [3.8, 4) is 0 Å². The van der Waals surface area contributed by atoms with E-state index in [4.69, 9.17) is 0 Å². The summed E-state index contributed by atoms with van der Waals surface area (Å²) in [5, 5.41) is 2.62. The zero-order chi connectivity index (χ0) is 21.0. The number of hydrogen-bond donors (Lipinski definition) is 1. The Hall–Kier alpha value is -2.78. The lowest BCUT2D eigenvalue weighted by Gasteiger charge is -2.18. The first-order valence-electron chi connectivity index (χ1n) is 9.18. The molecule has 1 aliphatic heterocycles. The Kier molecular flexibility index (Phi) is 6.29. The summed E-state index contributed by atoms with van der Waals surface area (Å²) < 4.78 is 38.9. The third kappa shape index (κ3) is 4.99. The highest BCUT2D eigenvalue weighted by Crippen LogP contribution is 2.17. The Morgan fingerprint density at radius 3 is 2.41 bits per heavy atom. The highest BCUT2D eigenvalue weighted by Gasteiger charge is 2.23. The first kappa shape index (κ1) is 20.9. The van der Waals surface area contributed by atoms with E-state index < -0.39 is 28.3 Å². The summed E-state index contributed by atoms with van der Waals surface area (Å²) in [4.78, 5) is 26.5. The van der Waals surface area contributed by atoms with Gasteiger partial charge in [-0.25, -0.2) is 12.8 Å². The molecule has 2 aromatic carbocycles. The fourth-order valence-corrected chi connectivity index (χ4v) is 4.23. The molecule has 154 valence electrons. The number of nitrogens with zero attached hydrogens (tertiary/aromatic N) is 2. The lowest BCUT2D eigenvalue weighted by atomic mass is 10.1. The van der Waals surface area contributed by atoms with Crippen LogP contribution in [-0.2, 0) is 14.8 Å². The average Bonchev–Trinajstić information content (AvgIpc) is 3.22. The van der Waals surface area contributed by atoms with E-state index in [2.05, 4.69) is 5.32 Å². The molecule has 29 heavy (non-hydrogen) atoms. The van der Waals surface area contributed by atoms with Gasteiger partial charge in [0.15, 0.2) is 0 Å². The second-order valence-corrected chi connectivity index (χ2v) is 8.89. The van der Waals surface area contributed by atoms with Crippen LogP contribution in [0, 0.1) is 5.82 Å². The van der Waals surface area contributed by atoms with Crippen LogP contribution in [0.15, 0.2) is 53.4 Å². The molecule has 3 rings (SSSR count). The lowest BCUT2D eigenvalue weighted by molar-refractivity contribution is -0.116. The van der Waals surface area contributed by atoms with E-state index in [1.165, 1.54) is 7.05 Å². The van der Waals surface area contributed by atoms with Gasteiger partial charge in [-0.2, -0.15) is 4.31 Å². The number of sulfonamides is 1. The molecule has 1 saturated heterocycles. The van der Waals surface area contributed by atoms with Crippen LogP contribution in [0.4, 0.5) is 10.1 Å². The second-order valence-electron chi connectivity index (χ2n) is 6.84. The van der Waals surface area contributed by atoms with E-state index in [9.17, 15) is 22.4 Å². The summed E-state index contributed by atoms with van der Waals surface area (Å²) in [5.74, 6) is -1.19. The van der Waals surface area contributed by atoms with E-state index >= 15 is 0 Å². The number of amides is 2. The number of benzene rings is 2. The molecule has 9 heteroatoms. The van der Waals surface area contributed by atoms with Crippen molar-refractivity contribution >= 4 is 27.5 Å².